The number of hydrogen-bond donors (Lipinski definition) is 2. The SMILES string of the molecule is Cc1ccc(S(=O)(=O)OC2CNC(C(=O)N(c3cccc(F)c3)[C@H](C(=O)NC3CC(F)(F)C3)c3ccccc3Cl)C2)cc1. The van der Waals surface area contributed by atoms with Crippen LogP contribution in [0.1, 0.15) is 36.4 Å². The van der Waals surface area contributed by atoms with Crippen LogP contribution in [0.3, 0.4) is 0 Å². The lowest BCUT2D eigenvalue weighted by Crippen LogP contribution is -2.55. The summed E-state index contributed by atoms with van der Waals surface area (Å²) in [5.74, 6) is -5.06. The molecule has 2 fully saturated rings. The Morgan fingerprint density at radius 2 is 1.77 bits per heavy atom. The number of nitrogens with one attached hydrogen (secondary N) is 2. The van der Waals surface area contributed by atoms with E-state index in [2.05, 4.69) is 10.6 Å². The predicted octanol–water partition coefficient (Wildman–Crippen LogP) is 4.91. The second-order valence-electron chi connectivity index (χ2n) is 10.8. The highest BCUT2D eigenvalue weighted by molar-refractivity contribution is 7.86. The Morgan fingerprint density at radius 3 is 2.42 bits per heavy atom. The molecule has 2 unspecified atom stereocenters. The largest absolute Gasteiger partial charge is 0.351 e. The zero-order valence-corrected chi connectivity index (χ0v) is 24.5. The summed E-state index contributed by atoms with van der Waals surface area (Å²) < 4.78 is 72.7. The van der Waals surface area contributed by atoms with Crippen molar-refractivity contribution in [2.45, 2.75) is 61.2 Å². The summed E-state index contributed by atoms with van der Waals surface area (Å²) in [4.78, 5) is 28.9. The van der Waals surface area contributed by atoms with Crippen LogP contribution in [0.4, 0.5) is 18.9 Å². The molecule has 13 heteroatoms. The Hall–Kier alpha value is -3.45. The highest BCUT2D eigenvalue weighted by atomic mass is 35.5. The summed E-state index contributed by atoms with van der Waals surface area (Å²) in [6, 6.07) is 14.1. The first-order valence-corrected chi connectivity index (χ1v) is 15.4. The van der Waals surface area contributed by atoms with Crippen LogP contribution < -0.4 is 15.5 Å². The third kappa shape index (κ3) is 7.04. The number of nitrogens with zero attached hydrogens (tertiary/aromatic N) is 1. The Kier molecular flexibility index (Phi) is 8.85. The number of amides is 2. The number of anilines is 1. The van der Waals surface area contributed by atoms with Crippen molar-refractivity contribution >= 4 is 39.2 Å². The molecule has 0 radical (unpaired) electrons. The minimum atomic E-state index is -4.14. The fourth-order valence-corrected chi connectivity index (χ4v) is 6.56. The fraction of sp³-hybridized carbons (Fsp3) is 0.333. The predicted molar refractivity (Wildman–Crippen MR) is 154 cm³/mol. The molecule has 0 bridgehead atoms. The van der Waals surface area contributed by atoms with Gasteiger partial charge >= 0.3 is 0 Å². The highest BCUT2D eigenvalue weighted by Gasteiger charge is 2.48. The van der Waals surface area contributed by atoms with E-state index in [0.29, 0.717) is 0 Å². The van der Waals surface area contributed by atoms with Crippen molar-refractivity contribution < 1.29 is 35.4 Å². The molecule has 1 saturated heterocycles. The Labute approximate surface area is 252 Å². The molecule has 43 heavy (non-hydrogen) atoms. The van der Waals surface area contributed by atoms with Gasteiger partial charge in [0.25, 0.3) is 16.0 Å². The summed E-state index contributed by atoms with van der Waals surface area (Å²) >= 11 is 6.47. The summed E-state index contributed by atoms with van der Waals surface area (Å²) in [6.45, 7) is 1.81. The van der Waals surface area contributed by atoms with Crippen LogP contribution in [-0.2, 0) is 23.9 Å². The summed E-state index contributed by atoms with van der Waals surface area (Å²) in [6.07, 6.45) is -2.11. The van der Waals surface area contributed by atoms with Gasteiger partial charge < -0.3 is 10.6 Å². The van der Waals surface area contributed by atoms with Crippen molar-refractivity contribution in [3.8, 4) is 0 Å². The summed E-state index contributed by atoms with van der Waals surface area (Å²) in [5, 5.41) is 5.66. The fourth-order valence-electron chi connectivity index (χ4n) is 5.24. The van der Waals surface area contributed by atoms with Gasteiger partial charge in [-0.25, -0.2) is 13.2 Å². The minimum absolute atomic E-state index is 0.00139. The molecule has 3 aromatic carbocycles. The highest BCUT2D eigenvalue weighted by Crippen LogP contribution is 2.39. The first-order valence-electron chi connectivity index (χ1n) is 13.6. The van der Waals surface area contributed by atoms with Gasteiger partial charge in [-0.15, -0.1) is 0 Å². The van der Waals surface area contributed by atoms with Crippen LogP contribution in [0.2, 0.25) is 5.02 Å². The Morgan fingerprint density at radius 1 is 1.07 bits per heavy atom. The van der Waals surface area contributed by atoms with E-state index < -0.39 is 70.7 Å². The molecule has 5 rings (SSSR count). The number of aryl methyl sites for hydroxylation is 1. The normalized spacial score (nSPS) is 20.7. The van der Waals surface area contributed by atoms with Gasteiger partial charge in [-0.3, -0.25) is 18.7 Å². The van der Waals surface area contributed by atoms with Crippen molar-refractivity contribution in [3.05, 3.63) is 94.8 Å². The number of halogens is 4. The molecule has 228 valence electrons. The van der Waals surface area contributed by atoms with Crippen LogP contribution in [0.25, 0.3) is 0 Å². The molecular formula is C30H29ClF3N3O5S. The van der Waals surface area contributed by atoms with E-state index in [1.165, 1.54) is 42.5 Å². The maximum Gasteiger partial charge on any atom is 0.297 e. The lowest BCUT2D eigenvalue weighted by molar-refractivity contribution is -0.133. The van der Waals surface area contributed by atoms with E-state index in [-0.39, 0.29) is 34.1 Å². The van der Waals surface area contributed by atoms with Crippen molar-refractivity contribution in [1.29, 1.82) is 0 Å². The van der Waals surface area contributed by atoms with E-state index in [9.17, 15) is 31.2 Å². The van der Waals surface area contributed by atoms with Crippen molar-refractivity contribution in [3.63, 3.8) is 0 Å². The first kappa shape index (κ1) is 31.0. The summed E-state index contributed by atoms with van der Waals surface area (Å²) in [5.41, 5.74) is 1.08. The first-order chi connectivity index (χ1) is 20.3. The molecule has 1 saturated carbocycles. The molecule has 0 spiro atoms. The zero-order chi connectivity index (χ0) is 30.9. The number of carbonyl (C=O) groups excluding carboxylic acids is 2. The number of rotatable bonds is 9. The second-order valence-corrected chi connectivity index (χ2v) is 12.7. The van der Waals surface area contributed by atoms with Gasteiger partial charge in [-0.1, -0.05) is 53.6 Å². The van der Waals surface area contributed by atoms with E-state index in [0.717, 1.165) is 16.5 Å². The van der Waals surface area contributed by atoms with Crippen molar-refractivity contribution in [2.24, 2.45) is 0 Å². The monoisotopic (exact) mass is 635 g/mol. The maximum atomic E-state index is 14.5. The lowest BCUT2D eigenvalue weighted by Gasteiger charge is -2.38. The van der Waals surface area contributed by atoms with Gasteiger partial charge in [0, 0.05) is 48.1 Å². The van der Waals surface area contributed by atoms with Crippen molar-refractivity contribution in [2.75, 3.05) is 11.4 Å². The van der Waals surface area contributed by atoms with Crippen molar-refractivity contribution in [1.82, 2.24) is 10.6 Å². The van der Waals surface area contributed by atoms with Gasteiger partial charge in [-0.2, -0.15) is 8.42 Å². The number of hydrogen-bond acceptors (Lipinski definition) is 6. The van der Waals surface area contributed by atoms with Gasteiger partial charge in [0.2, 0.25) is 11.8 Å². The average molecular weight is 636 g/mol. The van der Waals surface area contributed by atoms with Gasteiger partial charge in [0.05, 0.1) is 17.0 Å². The minimum Gasteiger partial charge on any atom is -0.351 e. The third-order valence-corrected chi connectivity index (χ3v) is 9.15. The number of carbonyl (C=O) groups is 2. The number of benzene rings is 3. The molecule has 2 N–H and O–H groups in total. The van der Waals surface area contributed by atoms with Gasteiger partial charge in [-0.05, 0) is 43.3 Å². The molecule has 0 aromatic heterocycles. The molecule has 3 aromatic rings. The van der Waals surface area contributed by atoms with Crippen LogP contribution in [0.15, 0.2) is 77.7 Å². The van der Waals surface area contributed by atoms with E-state index >= 15 is 0 Å². The van der Waals surface area contributed by atoms with Gasteiger partial charge in [0.15, 0.2) is 0 Å². The molecule has 2 aliphatic rings. The second kappa shape index (κ2) is 12.3. The quantitative estimate of drug-likeness (QED) is 0.324. The molecule has 1 aliphatic carbocycles. The van der Waals surface area contributed by atoms with E-state index in [1.54, 1.807) is 24.3 Å². The van der Waals surface area contributed by atoms with Crippen LogP contribution in [0.5, 0.6) is 0 Å². The third-order valence-electron chi connectivity index (χ3n) is 7.43. The molecule has 2 amide bonds. The maximum absolute atomic E-state index is 14.5. The van der Waals surface area contributed by atoms with Crippen LogP contribution in [0, 0.1) is 12.7 Å². The zero-order valence-electron chi connectivity index (χ0n) is 23.0. The van der Waals surface area contributed by atoms with Crippen LogP contribution in [-0.4, -0.2) is 50.9 Å². The Balaban J connectivity index is 1.45. The molecule has 8 nitrogen and oxygen atoms in total. The van der Waals surface area contributed by atoms with E-state index in [4.69, 9.17) is 15.8 Å². The number of alkyl halides is 2. The molecule has 1 aliphatic heterocycles. The smallest absolute Gasteiger partial charge is 0.297 e. The molecule has 1 heterocycles. The molecular weight excluding hydrogens is 607 g/mol. The van der Waals surface area contributed by atoms with Gasteiger partial charge in [0.1, 0.15) is 11.9 Å². The molecule has 3 atom stereocenters. The summed E-state index contributed by atoms with van der Waals surface area (Å²) in [7, 11) is -4.14. The average Bonchev–Trinajstić information content (AvgIpc) is 3.39. The van der Waals surface area contributed by atoms with E-state index in [1.807, 2.05) is 6.92 Å². The lowest BCUT2D eigenvalue weighted by atomic mass is 9.87. The Bertz CT molecular complexity index is 1620. The topological polar surface area (TPSA) is 105 Å². The standard InChI is InChI=1S/C30H29ClF3N3O5S/c1-18-9-11-23(12-10-18)43(40,41)42-22-14-26(35-17-22)29(39)37(21-6-4-5-19(32)13-21)27(24-7-2-3-8-25(24)31)28(38)36-20-15-30(33,34)16-20/h2-13,20,22,26-27,35H,14-17H2,1H3,(H,36,38)/t22?,26?,27-/m0/s1. The van der Waals surface area contributed by atoms with Crippen LogP contribution >= 0.6 is 11.6 Å².